The van der Waals surface area contributed by atoms with Gasteiger partial charge in [0.15, 0.2) is 0 Å². The lowest BCUT2D eigenvalue weighted by molar-refractivity contribution is 0.0544. The number of hydrogen-bond acceptors (Lipinski definition) is 5. The van der Waals surface area contributed by atoms with E-state index in [-0.39, 0.29) is 18.6 Å². The Labute approximate surface area is 187 Å². The van der Waals surface area contributed by atoms with E-state index in [9.17, 15) is 9.59 Å². The lowest BCUT2D eigenvalue weighted by Gasteiger charge is -2.34. The van der Waals surface area contributed by atoms with Gasteiger partial charge in [0, 0.05) is 62.6 Å². The van der Waals surface area contributed by atoms with Gasteiger partial charge in [-0.2, -0.15) is 0 Å². The molecular formula is C25H26N4O3. The van der Waals surface area contributed by atoms with Crippen molar-refractivity contribution in [3.63, 3.8) is 0 Å². The molecule has 1 saturated heterocycles. The standard InChI is InChI=1S/C25H26N4O3/c1-27(23-11-13-26-14-12-23)22-9-7-21(8-10-22)24(30)28-15-17-29(18-16-28)25(31)32-19-20-5-3-2-4-6-20/h2-14H,15-19H2,1H3. The zero-order chi connectivity index (χ0) is 22.3. The fourth-order valence-corrected chi connectivity index (χ4v) is 3.63. The summed E-state index contributed by atoms with van der Waals surface area (Å²) in [7, 11) is 1.97. The van der Waals surface area contributed by atoms with E-state index in [1.54, 1.807) is 22.2 Å². The van der Waals surface area contributed by atoms with Crippen LogP contribution in [0.5, 0.6) is 0 Å². The molecule has 1 aliphatic rings. The van der Waals surface area contributed by atoms with Crippen molar-refractivity contribution in [3.8, 4) is 0 Å². The van der Waals surface area contributed by atoms with Crippen molar-refractivity contribution in [1.82, 2.24) is 14.8 Å². The molecule has 164 valence electrons. The number of benzene rings is 2. The third-order valence-electron chi connectivity index (χ3n) is 5.58. The van der Waals surface area contributed by atoms with E-state index in [0.717, 1.165) is 16.9 Å². The number of aromatic nitrogens is 1. The van der Waals surface area contributed by atoms with Crippen LogP contribution in [0.15, 0.2) is 79.1 Å². The highest BCUT2D eigenvalue weighted by atomic mass is 16.6. The monoisotopic (exact) mass is 430 g/mol. The van der Waals surface area contributed by atoms with Gasteiger partial charge >= 0.3 is 6.09 Å². The highest BCUT2D eigenvalue weighted by molar-refractivity contribution is 5.94. The number of rotatable bonds is 5. The van der Waals surface area contributed by atoms with Crippen molar-refractivity contribution in [1.29, 1.82) is 0 Å². The maximum Gasteiger partial charge on any atom is 0.410 e. The van der Waals surface area contributed by atoms with Crippen LogP contribution in [-0.4, -0.2) is 60.0 Å². The van der Waals surface area contributed by atoms with E-state index >= 15 is 0 Å². The molecule has 32 heavy (non-hydrogen) atoms. The Hall–Kier alpha value is -3.87. The van der Waals surface area contributed by atoms with Crippen molar-refractivity contribution >= 4 is 23.4 Å². The van der Waals surface area contributed by atoms with E-state index in [1.165, 1.54) is 0 Å². The molecule has 0 aliphatic carbocycles. The minimum absolute atomic E-state index is 0.0274. The molecule has 0 N–H and O–H groups in total. The van der Waals surface area contributed by atoms with Crippen LogP contribution in [0.2, 0.25) is 0 Å². The van der Waals surface area contributed by atoms with Crippen molar-refractivity contribution < 1.29 is 14.3 Å². The SMILES string of the molecule is CN(c1ccncc1)c1ccc(C(=O)N2CCN(C(=O)OCc3ccccc3)CC2)cc1. The number of ether oxygens (including phenoxy) is 1. The second-order valence-corrected chi connectivity index (χ2v) is 7.63. The maximum atomic E-state index is 12.9. The quantitative estimate of drug-likeness (QED) is 0.613. The van der Waals surface area contributed by atoms with E-state index in [4.69, 9.17) is 4.74 Å². The number of carbonyl (C=O) groups excluding carboxylic acids is 2. The van der Waals surface area contributed by atoms with Crippen LogP contribution < -0.4 is 4.90 Å². The van der Waals surface area contributed by atoms with E-state index < -0.39 is 0 Å². The van der Waals surface area contributed by atoms with Gasteiger partial charge in [-0.1, -0.05) is 30.3 Å². The third-order valence-corrected chi connectivity index (χ3v) is 5.58. The van der Waals surface area contributed by atoms with Gasteiger partial charge in [0.1, 0.15) is 6.61 Å². The summed E-state index contributed by atoms with van der Waals surface area (Å²) in [6.45, 7) is 2.14. The molecule has 0 radical (unpaired) electrons. The summed E-state index contributed by atoms with van der Waals surface area (Å²) >= 11 is 0. The Morgan fingerprint density at radius 3 is 2.09 bits per heavy atom. The lowest BCUT2D eigenvalue weighted by atomic mass is 10.1. The Balaban J connectivity index is 1.29. The first-order valence-corrected chi connectivity index (χ1v) is 10.6. The van der Waals surface area contributed by atoms with E-state index in [2.05, 4.69) is 4.98 Å². The number of pyridine rings is 1. The van der Waals surface area contributed by atoms with Gasteiger partial charge in [0.2, 0.25) is 0 Å². The van der Waals surface area contributed by atoms with Gasteiger partial charge in [-0.15, -0.1) is 0 Å². The second kappa shape index (κ2) is 9.96. The number of amides is 2. The van der Waals surface area contributed by atoms with Crippen LogP contribution in [0.25, 0.3) is 0 Å². The van der Waals surface area contributed by atoms with Gasteiger partial charge in [-0.3, -0.25) is 9.78 Å². The Bertz CT molecular complexity index is 1030. The fourth-order valence-electron chi connectivity index (χ4n) is 3.63. The smallest absolute Gasteiger partial charge is 0.410 e. The largest absolute Gasteiger partial charge is 0.445 e. The molecule has 7 heteroatoms. The van der Waals surface area contributed by atoms with Crippen LogP contribution in [0, 0.1) is 0 Å². The molecule has 0 bridgehead atoms. The summed E-state index contributed by atoms with van der Waals surface area (Å²) in [4.78, 5) is 34.7. The first-order valence-electron chi connectivity index (χ1n) is 10.6. The van der Waals surface area contributed by atoms with Gasteiger partial charge < -0.3 is 19.4 Å². The summed E-state index contributed by atoms with van der Waals surface area (Å²) in [5.74, 6) is -0.0274. The second-order valence-electron chi connectivity index (χ2n) is 7.63. The summed E-state index contributed by atoms with van der Waals surface area (Å²) in [6.07, 6.45) is 3.16. The number of piperazine rings is 1. The topological polar surface area (TPSA) is 66.0 Å². The van der Waals surface area contributed by atoms with Crippen molar-refractivity contribution in [2.75, 3.05) is 38.1 Å². The molecule has 0 atom stereocenters. The molecule has 2 heterocycles. The van der Waals surface area contributed by atoms with Gasteiger partial charge in [-0.05, 0) is 42.0 Å². The summed E-state index contributed by atoms with van der Waals surface area (Å²) < 4.78 is 5.39. The van der Waals surface area contributed by atoms with E-state index in [1.807, 2.05) is 78.7 Å². The average Bonchev–Trinajstić information content (AvgIpc) is 2.88. The molecule has 1 aliphatic heterocycles. The normalized spacial score (nSPS) is 13.5. The van der Waals surface area contributed by atoms with Gasteiger partial charge in [0.05, 0.1) is 0 Å². The minimum atomic E-state index is -0.343. The highest BCUT2D eigenvalue weighted by Crippen LogP contribution is 2.23. The number of carbonyl (C=O) groups is 2. The molecule has 4 rings (SSSR count). The number of nitrogens with zero attached hydrogens (tertiary/aromatic N) is 4. The van der Waals surface area contributed by atoms with E-state index in [0.29, 0.717) is 31.7 Å². The first-order chi connectivity index (χ1) is 15.6. The Morgan fingerprint density at radius 2 is 1.44 bits per heavy atom. The molecule has 2 amide bonds. The predicted octanol–water partition coefficient (Wildman–Crippen LogP) is 3.94. The number of hydrogen-bond donors (Lipinski definition) is 0. The molecule has 1 aromatic heterocycles. The summed E-state index contributed by atoms with van der Waals surface area (Å²) in [5, 5.41) is 0. The first kappa shape index (κ1) is 21.4. The van der Waals surface area contributed by atoms with Crippen LogP contribution in [-0.2, 0) is 11.3 Å². The summed E-state index contributed by atoms with van der Waals surface area (Å²) in [5.41, 5.74) is 3.60. The molecule has 3 aromatic rings. The third kappa shape index (κ3) is 5.06. The molecular weight excluding hydrogens is 404 g/mol. The Kier molecular flexibility index (Phi) is 6.65. The molecule has 1 fully saturated rings. The van der Waals surface area contributed by atoms with Crippen LogP contribution in [0.3, 0.4) is 0 Å². The molecule has 0 unspecified atom stereocenters. The molecule has 2 aromatic carbocycles. The van der Waals surface area contributed by atoms with Crippen molar-refractivity contribution in [3.05, 3.63) is 90.3 Å². The summed E-state index contributed by atoms with van der Waals surface area (Å²) in [6, 6.07) is 21.0. The van der Waals surface area contributed by atoms with Crippen LogP contribution in [0.1, 0.15) is 15.9 Å². The highest BCUT2D eigenvalue weighted by Gasteiger charge is 2.25. The van der Waals surface area contributed by atoms with Crippen molar-refractivity contribution in [2.24, 2.45) is 0 Å². The van der Waals surface area contributed by atoms with Gasteiger partial charge in [-0.25, -0.2) is 4.79 Å². The average molecular weight is 431 g/mol. The predicted molar refractivity (Wildman–Crippen MR) is 123 cm³/mol. The van der Waals surface area contributed by atoms with Crippen LogP contribution in [0.4, 0.5) is 16.2 Å². The van der Waals surface area contributed by atoms with Crippen molar-refractivity contribution in [2.45, 2.75) is 6.61 Å². The maximum absolute atomic E-state index is 12.9. The van der Waals surface area contributed by atoms with Gasteiger partial charge in [0.25, 0.3) is 5.91 Å². The van der Waals surface area contributed by atoms with Crippen LogP contribution >= 0.6 is 0 Å². The zero-order valence-electron chi connectivity index (χ0n) is 18.1. The molecule has 0 spiro atoms. The lowest BCUT2D eigenvalue weighted by Crippen LogP contribution is -2.50. The number of anilines is 2. The molecule has 7 nitrogen and oxygen atoms in total. The Morgan fingerprint density at radius 1 is 0.844 bits per heavy atom. The zero-order valence-corrected chi connectivity index (χ0v) is 18.1. The minimum Gasteiger partial charge on any atom is -0.445 e. The fraction of sp³-hybridized carbons (Fsp3) is 0.240. The molecule has 0 saturated carbocycles.